The SMILES string of the molecule is CCCCc1ncc(/C=C(\Cc2ccccc2)C(=O)O)n1Cc1cc(Cl)c(C(=O)O)cc1Cl. The van der Waals surface area contributed by atoms with Crippen LogP contribution in [0.25, 0.3) is 6.08 Å². The number of imidazole rings is 1. The summed E-state index contributed by atoms with van der Waals surface area (Å²) in [6.45, 7) is 2.36. The van der Waals surface area contributed by atoms with Gasteiger partial charge in [0, 0.05) is 23.4 Å². The molecule has 3 rings (SSSR count). The molecule has 172 valence electrons. The van der Waals surface area contributed by atoms with Crippen molar-refractivity contribution in [3.05, 3.63) is 92.5 Å². The summed E-state index contributed by atoms with van der Waals surface area (Å²) in [5.41, 5.74) is 2.30. The van der Waals surface area contributed by atoms with Crippen LogP contribution < -0.4 is 0 Å². The molecule has 0 radical (unpaired) electrons. The molecule has 1 heterocycles. The number of nitrogens with zero attached hydrogens (tertiary/aromatic N) is 2. The van der Waals surface area contributed by atoms with E-state index in [1.165, 1.54) is 12.1 Å². The van der Waals surface area contributed by atoms with Gasteiger partial charge in [0.1, 0.15) is 5.82 Å². The van der Waals surface area contributed by atoms with E-state index in [0.29, 0.717) is 17.7 Å². The van der Waals surface area contributed by atoms with Crippen LogP contribution in [0.3, 0.4) is 0 Å². The molecular formula is C25H24Cl2N2O4. The molecule has 0 aliphatic rings. The van der Waals surface area contributed by atoms with E-state index in [9.17, 15) is 19.8 Å². The van der Waals surface area contributed by atoms with Crippen LogP contribution in [0, 0.1) is 0 Å². The van der Waals surface area contributed by atoms with Gasteiger partial charge in [-0.1, -0.05) is 66.9 Å². The van der Waals surface area contributed by atoms with Crippen molar-refractivity contribution in [1.82, 2.24) is 9.55 Å². The lowest BCUT2D eigenvalue weighted by atomic mass is 10.0. The Balaban J connectivity index is 2.03. The molecule has 0 aliphatic carbocycles. The van der Waals surface area contributed by atoms with Gasteiger partial charge in [0.2, 0.25) is 0 Å². The molecule has 0 saturated heterocycles. The first-order chi connectivity index (χ1) is 15.8. The van der Waals surface area contributed by atoms with Gasteiger partial charge >= 0.3 is 11.9 Å². The zero-order valence-corrected chi connectivity index (χ0v) is 19.6. The highest BCUT2D eigenvalue weighted by Crippen LogP contribution is 2.27. The van der Waals surface area contributed by atoms with Crippen molar-refractivity contribution >= 4 is 41.2 Å². The summed E-state index contributed by atoms with van der Waals surface area (Å²) < 4.78 is 1.90. The summed E-state index contributed by atoms with van der Waals surface area (Å²) in [5.74, 6) is -1.37. The first-order valence-electron chi connectivity index (χ1n) is 10.5. The zero-order valence-electron chi connectivity index (χ0n) is 18.1. The van der Waals surface area contributed by atoms with E-state index in [4.69, 9.17) is 23.2 Å². The van der Waals surface area contributed by atoms with Crippen molar-refractivity contribution in [1.29, 1.82) is 0 Å². The van der Waals surface area contributed by atoms with E-state index >= 15 is 0 Å². The number of hydrogen-bond acceptors (Lipinski definition) is 3. The summed E-state index contributed by atoms with van der Waals surface area (Å²) >= 11 is 12.5. The Labute approximate surface area is 202 Å². The quantitative estimate of drug-likeness (QED) is 0.343. The number of benzene rings is 2. The molecule has 0 fully saturated rings. The number of aromatic nitrogens is 2. The third-order valence-corrected chi connectivity index (χ3v) is 5.92. The van der Waals surface area contributed by atoms with E-state index in [-0.39, 0.29) is 34.1 Å². The molecule has 0 saturated carbocycles. The predicted molar refractivity (Wildman–Crippen MR) is 129 cm³/mol. The summed E-state index contributed by atoms with van der Waals surface area (Å²) in [6, 6.07) is 12.2. The average molecular weight is 487 g/mol. The Kier molecular flexibility index (Phi) is 8.31. The fraction of sp³-hybridized carbons (Fsp3) is 0.240. The monoisotopic (exact) mass is 486 g/mol. The Morgan fingerprint density at radius 2 is 1.82 bits per heavy atom. The van der Waals surface area contributed by atoms with Crippen molar-refractivity contribution in [3.8, 4) is 0 Å². The van der Waals surface area contributed by atoms with Gasteiger partial charge in [-0.2, -0.15) is 0 Å². The number of aromatic carboxylic acids is 1. The standard InChI is InChI=1S/C25H24Cl2N2O4/c1-2-3-9-23-28-14-19(11-17(24(30)31)10-16-7-5-4-6-8-16)29(23)15-18-12-22(27)20(25(32)33)13-21(18)26/h4-8,11-14H,2-3,9-10,15H2,1H3,(H,30,31)(H,32,33)/b17-11+. The smallest absolute Gasteiger partial charge is 0.337 e. The maximum Gasteiger partial charge on any atom is 0.337 e. The van der Waals surface area contributed by atoms with Crippen LogP contribution in [0.2, 0.25) is 10.0 Å². The molecule has 0 bridgehead atoms. The zero-order chi connectivity index (χ0) is 24.0. The Morgan fingerprint density at radius 3 is 2.45 bits per heavy atom. The molecular weight excluding hydrogens is 463 g/mol. The Bertz CT molecular complexity index is 1190. The first-order valence-corrected chi connectivity index (χ1v) is 11.3. The topological polar surface area (TPSA) is 92.4 Å². The largest absolute Gasteiger partial charge is 0.478 e. The van der Waals surface area contributed by atoms with Crippen molar-refractivity contribution in [3.63, 3.8) is 0 Å². The number of unbranched alkanes of at least 4 members (excludes halogenated alkanes) is 1. The van der Waals surface area contributed by atoms with E-state index in [2.05, 4.69) is 11.9 Å². The summed E-state index contributed by atoms with van der Waals surface area (Å²) in [7, 11) is 0. The van der Waals surface area contributed by atoms with Crippen LogP contribution in [-0.4, -0.2) is 31.7 Å². The molecule has 0 amide bonds. The molecule has 0 aliphatic heterocycles. The fourth-order valence-electron chi connectivity index (χ4n) is 3.49. The molecule has 0 spiro atoms. The molecule has 2 N–H and O–H groups in total. The fourth-order valence-corrected chi connectivity index (χ4v) is 3.98. The number of carboxylic acids is 2. The van der Waals surface area contributed by atoms with Gasteiger partial charge in [-0.05, 0) is 35.8 Å². The Hall–Kier alpha value is -3.09. The van der Waals surface area contributed by atoms with Crippen molar-refractivity contribution < 1.29 is 19.8 Å². The number of aliphatic carboxylic acids is 1. The second kappa shape index (κ2) is 11.2. The third-order valence-electron chi connectivity index (χ3n) is 5.25. The maximum absolute atomic E-state index is 12.0. The molecule has 3 aromatic rings. The lowest BCUT2D eigenvalue weighted by Gasteiger charge is -2.14. The second-order valence-electron chi connectivity index (χ2n) is 7.65. The first kappa shape index (κ1) is 24.6. The van der Waals surface area contributed by atoms with Crippen molar-refractivity contribution in [2.75, 3.05) is 0 Å². The highest BCUT2D eigenvalue weighted by Gasteiger charge is 2.17. The minimum absolute atomic E-state index is 0.0709. The number of halogens is 2. The van der Waals surface area contributed by atoms with Crippen LogP contribution in [0.5, 0.6) is 0 Å². The van der Waals surface area contributed by atoms with Crippen molar-refractivity contribution in [2.24, 2.45) is 0 Å². The predicted octanol–water partition coefficient (Wildman–Crippen LogP) is 5.99. The van der Waals surface area contributed by atoms with Crippen LogP contribution in [-0.2, 0) is 24.2 Å². The van der Waals surface area contributed by atoms with E-state index in [1.54, 1.807) is 12.3 Å². The summed E-state index contributed by atoms with van der Waals surface area (Å²) in [5, 5.41) is 19.4. The molecule has 1 aromatic heterocycles. The van der Waals surface area contributed by atoms with Crippen LogP contribution >= 0.6 is 23.2 Å². The highest BCUT2D eigenvalue weighted by molar-refractivity contribution is 6.36. The minimum atomic E-state index is -1.16. The molecule has 6 nitrogen and oxygen atoms in total. The number of carboxylic acid groups (broad SMARTS) is 2. The van der Waals surface area contributed by atoms with Gasteiger partial charge in [0.15, 0.2) is 0 Å². The maximum atomic E-state index is 12.0. The lowest BCUT2D eigenvalue weighted by Crippen LogP contribution is -2.10. The highest BCUT2D eigenvalue weighted by atomic mass is 35.5. The van der Waals surface area contributed by atoms with Crippen molar-refractivity contribution in [2.45, 2.75) is 39.2 Å². The normalized spacial score (nSPS) is 11.5. The van der Waals surface area contributed by atoms with Crippen LogP contribution in [0.1, 0.15) is 52.8 Å². The lowest BCUT2D eigenvalue weighted by molar-refractivity contribution is -0.132. The number of hydrogen-bond donors (Lipinski definition) is 2. The van der Waals surface area contributed by atoms with Gasteiger partial charge in [-0.3, -0.25) is 0 Å². The minimum Gasteiger partial charge on any atom is -0.478 e. The van der Waals surface area contributed by atoms with Gasteiger partial charge in [-0.15, -0.1) is 0 Å². The third kappa shape index (κ3) is 6.24. The number of carbonyl (C=O) groups is 2. The van der Waals surface area contributed by atoms with Gasteiger partial charge in [-0.25, -0.2) is 14.6 Å². The van der Waals surface area contributed by atoms with E-state index in [1.807, 2.05) is 34.9 Å². The van der Waals surface area contributed by atoms with Gasteiger partial charge < -0.3 is 14.8 Å². The molecule has 0 unspecified atom stereocenters. The summed E-state index contributed by atoms with van der Waals surface area (Å²) in [4.78, 5) is 27.8. The average Bonchev–Trinajstić information content (AvgIpc) is 3.15. The van der Waals surface area contributed by atoms with Gasteiger partial charge in [0.05, 0.1) is 29.0 Å². The summed E-state index contributed by atoms with van der Waals surface area (Å²) in [6.07, 6.45) is 6.16. The molecule has 0 atom stereocenters. The molecule has 2 aromatic carbocycles. The number of rotatable bonds is 10. The molecule has 33 heavy (non-hydrogen) atoms. The van der Waals surface area contributed by atoms with E-state index in [0.717, 1.165) is 24.2 Å². The van der Waals surface area contributed by atoms with E-state index < -0.39 is 11.9 Å². The second-order valence-corrected chi connectivity index (χ2v) is 8.47. The van der Waals surface area contributed by atoms with Gasteiger partial charge in [0.25, 0.3) is 0 Å². The Morgan fingerprint density at radius 1 is 1.09 bits per heavy atom. The number of aryl methyl sites for hydroxylation is 1. The molecule has 8 heteroatoms. The van der Waals surface area contributed by atoms with Crippen LogP contribution in [0.15, 0.2) is 54.2 Å². The van der Waals surface area contributed by atoms with Crippen LogP contribution in [0.4, 0.5) is 0 Å².